The molecule has 0 spiro atoms. The summed E-state index contributed by atoms with van der Waals surface area (Å²) in [6.45, 7) is 2.62. The Morgan fingerprint density at radius 1 is 1.10 bits per heavy atom. The Kier molecular flexibility index (Phi) is 6.97. The fourth-order valence-electron chi connectivity index (χ4n) is 3.42. The average molecular weight is 481 g/mol. The van der Waals surface area contributed by atoms with Gasteiger partial charge in [0.25, 0.3) is 0 Å². The van der Waals surface area contributed by atoms with Gasteiger partial charge in [0.05, 0.1) is 18.0 Å². The molecule has 0 unspecified atom stereocenters. The van der Waals surface area contributed by atoms with Gasteiger partial charge in [-0.1, -0.05) is 28.1 Å². The molecule has 156 valence electrons. The third-order valence-electron chi connectivity index (χ3n) is 5.25. The predicted octanol–water partition coefficient (Wildman–Crippen LogP) is 3.74. The largest absolute Gasteiger partial charge is 0.497 e. The van der Waals surface area contributed by atoms with Crippen molar-refractivity contribution in [1.29, 1.82) is 0 Å². The SMILES string of the molecule is COc1ccc([C@@H](C)NC(=O)C2CCN(S(=O)(=O)c3ccc(Br)cc3)CC2)cc1. The van der Waals surface area contributed by atoms with E-state index in [-0.39, 0.29) is 22.8 Å². The van der Waals surface area contributed by atoms with Crippen LogP contribution in [0.4, 0.5) is 0 Å². The Labute approximate surface area is 180 Å². The van der Waals surface area contributed by atoms with Crippen molar-refractivity contribution in [3.05, 3.63) is 58.6 Å². The number of ether oxygens (including phenoxy) is 1. The highest BCUT2D eigenvalue weighted by atomic mass is 79.9. The van der Waals surface area contributed by atoms with E-state index in [1.54, 1.807) is 31.4 Å². The first-order chi connectivity index (χ1) is 13.8. The van der Waals surface area contributed by atoms with E-state index in [4.69, 9.17) is 4.74 Å². The molecule has 0 aromatic heterocycles. The quantitative estimate of drug-likeness (QED) is 0.682. The minimum Gasteiger partial charge on any atom is -0.497 e. The summed E-state index contributed by atoms with van der Waals surface area (Å²) in [5.74, 6) is 0.549. The van der Waals surface area contributed by atoms with Crippen LogP contribution in [0.15, 0.2) is 57.9 Å². The Morgan fingerprint density at radius 2 is 1.69 bits per heavy atom. The van der Waals surface area contributed by atoms with E-state index in [0.29, 0.717) is 25.9 Å². The number of hydrogen-bond acceptors (Lipinski definition) is 4. The molecule has 29 heavy (non-hydrogen) atoms. The van der Waals surface area contributed by atoms with Gasteiger partial charge in [-0.2, -0.15) is 4.31 Å². The number of methoxy groups -OCH3 is 1. The summed E-state index contributed by atoms with van der Waals surface area (Å²) in [7, 11) is -1.92. The van der Waals surface area contributed by atoms with Crippen molar-refractivity contribution < 1.29 is 17.9 Å². The Balaban J connectivity index is 1.56. The average Bonchev–Trinajstić information content (AvgIpc) is 2.74. The van der Waals surface area contributed by atoms with Crippen LogP contribution in [0.3, 0.4) is 0 Å². The summed E-state index contributed by atoms with van der Waals surface area (Å²) in [6.07, 6.45) is 1.02. The van der Waals surface area contributed by atoms with Gasteiger partial charge in [0, 0.05) is 23.5 Å². The summed E-state index contributed by atoms with van der Waals surface area (Å²) in [5, 5.41) is 3.04. The number of nitrogens with one attached hydrogen (secondary N) is 1. The topological polar surface area (TPSA) is 75.7 Å². The lowest BCUT2D eigenvalue weighted by molar-refractivity contribution is -0.126. The normalized spacial score (nSPS) is 16.9. The number of piperidine rings is 1. The molecule has 1 atom stereocenters. The van der Waals surface area contributed by atoms with Crippen LogP contribution in [0.25, 0.3) is 0 Å². The van der Waals surface area contributed by atoms with Crippen molar-refractivity contribution >= 4 is 31.9 Å². The monoisotopic (exact) mass is 480 g/mol. The Morgan fingerprint density at radius 3 is 2.24 bits per heavy atom. The molecule has 6 nitrogen and oxygen atoms in total. The second-order valence-electron chi connectivity index (χ2n) is 7.14. The Hall–Kier alpha value is -1.90. The maximum absolute atomic E-state index is 12.8. The van der Waals surface area contributed by atoms with Crippen LogP contribution >= 0.6 is 15.9 Å². The van der Waals surface area contributed by atoms with Gasteiger partial charge in [0.1, 0.15) is 5.75 Å². The number of carbonyl (C=O) groups is 1. The van der Waals surface area contributed by atoms with Crippen LogP contribution in [0.5, 0.6) is 5.75 Å². The number of benzene rings is 2. The first-order valence-electron chi connectivity index (χ1n) is 9.51. The van der Waals surface area contributed by atoms with Crippen LogP contribution in [0.1, 0.15) is 31.4 Å². The zero-order chi connectivity index (χ0) is 21.0. The van der Waals surface area contributed by atoms with E-state index in [1.165, 1.54) is 4.31 Å². The maximum Gasteiger partial charge on any atom is 0.243 e. The van der Waals surface area contributed by atoms with E-state index >= 15 is 0 Å². The molecule has 8 heteroatoms. The first kappa shape index (κ1) is 21.8. The first-order valence-corrected chi connectivity index (χ1v) is 11.7. The van der Waals surface area contributed by atoms with Crippen molar-refractivity contribution in [3.63, 3.8) is 0 Å². The molecule has 1 fully saturated rings. The van der Waals surface area contributed by atoms with Gasteiger partial charge in [-0.15, -0.1) is 0 Å². The second-order valence-corrected chi connectivity index (χ2v) is 9.99. The molecular weight excluding hydrogens is 456 g/mol. The van der Waals surface area contributed by atoms with Gasteiger partial charge in [0.2, 0.25) is 15.9 Å². The van der Waals surface area contributed by atoms with E-state index in [2.05, 4.69) is 21.2 Å². The number of halogens is 1. The number of hydrogen-bond donors (Lipinski definition) is 1. The number of sulfonamides is 1. The fourth-order valence-corrected chi connectivity index (χ4v) is 5.16. The lowest BCUT2D eigenvalue weighted by Gasteiger charge is -2.31. The highest BCUT2D eigenvalue weighted by Gasteiger charge is 2.32. The molecule has 3 rings (SSSR count). The van der Waals surface area contributed by atoms with Crippen molar-refractivity contribution in [1.82, 2.24) is 9.62 Å². The standard InChI is InChI=1S/C21H25BrN2O4S/c1-15(16-3-7-19(28-2)8-4-16)23-21(25)17-11-13-24(14-12-17)29(26,27)20-9-5-18(22)6-10-20/h3-10,15,17H,11-14H2,1-2H3,(H,23,25)/t15-/m1/s1. The summed E-state index contributed by atoms with van der Waals surface area (Å²) in [6, 6.07) is 14.1. The van der Waals surface area contributed by atoms with Gasteiger partial charge in [-0.3, -0.25) is 4.79 Å². The highest BCUT2D eigenvalue weighted by molar-refractivity contribution is 9.10. The smallest absolute Gasteiger partial charge is 0.243 e. The molecule has 2 aromatic rings. The van der Waals surface area contributed by atoms with Crippen LogP contribution < -0.4 is 10.1 Å². The zero-order valence-electron chi connectivity index (χ0n) is 16.5. The molecule has 1 saturated heterocycles. The predicted molar refractivity (Wildman–Crippen MR) is 115 cm³/mol. The minimum atomic E-state index is -3.53. The molecule has 1 aliphatic rings. The third kappa shape index (κ3) is 5.18. The number of rotatable bonds is 6. The van der Waals surface area contributed by atoms with E-state index < -0.39 is 10.0 Å². The van der Waals surface area contributed by atoms with Gasteiger partial charge in [-0.25, -0.2) is 8.42 Å². The summed E-state index contributed by atoms with van der Waals surface area (Å²) < 4.78 is 33.0. The Bertz CT molecular complexity index is 938. The lowest BCUT2D eigenvalue weighted by Crippen LogP contribution is -2.43. The maximum atomic E-state index is 12.8. The number of amides is 1. The van der Waals surface area contributed by atoms with E-state index in [0.717, 1.165) is 15.8 Å². The van der Waals surface area contributed by atoms with Gasteiger partial charge in [0.15, 0.2) is 0 Å². The number of carbonyl (C=O) groups excluding carboxylic acids is 1. The van der Waals surface area contributed by atoms with Crippen molar-refractivity contribution in [2.24, 2.45) is 5.92 Å². The van der Waals surface area contributed by atoms with Crippen molar-refractivity contribution in [3.8, 4) is 5.75 Å². The van der Waals surface area contributed by atoms with E-state index in [1.807, 2.05) is 31.2 Å². The third-order valence-corrected chi connectivity index (χ3v) is 7.69. The summed E-state index contributed by atoms with van der Waals surface area (Å²) in [4.78, 5) is 12.9. The molecular formula is C21H25BrN2O4S. The molecule has 0 radical (unpaired) electrons. The lowest BCUT2D eigenvalue weighted by atomic mass is 9.96. The molecule has 1 N–H and O–H groups in total. The van der Waals surface area contributed by atoms with Crippen molar-refractivity contribution in [2.75, 3.05) is 20.2 Å². The molecule has 0 saturated carbocycles. The van der Waals surface area contributed by atoms with Gasteiger partial charge < -0.3 is 10.1 Å². The molecule has 1 aliphatic heterocycles. The van der Waals surface area contributed by atoms with Gasteiger partial charge >= 0.3 is 0 Å². The van der Waals surface area contributed by atoms with E-state index in [9.17, 15) is 13.2 Å². The van der Waals surface area contributed by atoms with Gasteiger partial charge in [-0.05, 0) is 61.7 Å². The summed E-state index contributed by atoms with van der Waals surface area (Å²) in [5.41, 5.74) is 0.995. The molecule has 1 amide bonds. The van der Waals surface area contributed by atoms with Crippen LogP contribution in [0.2, 0.25) is 0 Å². The number of nitrogens with zero attached hydrogens (tertiary/aromatic N) is 1. The summed E-state index contributed by atoms with van der Waals surface area (Å²) >= 11 is 3.32. The zero-order valence-corrected chi connectivity index (χ0v) is 18.9. The van der Waals surface area contributed by atoms with Crippen LogP contribution in [-0.4, -0.2) is 38.8 Å². The molecule has 0 aliphatic carbocycles. The second kappa shape index (κ2) is 9.28. The van der Waals surface area contributed by atoms with Crippen LogP contribution in [0, 0.1) is 5.92 Å². The highest BCUT2D eigenvalue weighted by Crippen LogP contribution is 2.26. The van der Waals surface area contributed by atoms with Crippen LogP contribution in [-0.2, 0) is 14.8 Å². The molecule has 2 aromatic carbocycles. The van der Waals surface area contributed by atoms with Crippen molar-refractivity contribution in [2.45, 2.75) is 30.7 Å². The molecule has 1 heterocycles. The fraction of sp³-hybridized carbons (Fsp3) is 0.381. The molecule has 0 bridgehead atoms. The minimum absolute atomic E-state index is 0.0333.